The highest BCUT2D eigenvalue weighted by atomic mass is 19.1. The van der Waals surface area contributed by atoms with E-state index in [1.165, 1.54) is 6.07 Å². The normalized spacial score (nSPS) is 10.0. The van der Waals surface area contributed by atoms with E-state index in [-0.39, 0.29) is 0 Å². The molecule has 0 aromatic carbocycles. The molecule has 0 aliphatic carbocycles. The Balaban J connectivity index is 2.90. The van der Waals surface area contributed by atoms with Gasteiger partial charge in [0.05, 0.1) is 0 Å². The molecule has 1 rings (SSSR count). The first-order valence-corrected chi connectivity index (χ1v) is 3.63. The average Bonchev–Trinajstić information content (AvgIpc) is 1.95. The molecular formula is C8H11FNO+. The van der Waals surface area contributed by atoms with Gasteiger partial charge in [-0.25, -0.2) is 4.39 Å². The van der Waals surface area contributed by atoms with Crippen molar-refractivity contribution in [3.63, 3.8) is 0 Å². The van der Waals surface area contributed by atoms with Gasteiger partial charge in [0.25, 0.3) is 6.20 Å². The topological polar surface area (TPSA) is 24.1 Å². The van der Waals surface area contributed by atoms with Gasteiger partial charge in [-0.1, -0.05) is 6.92 Å². The number of aryl methyl sites for hydroxylation is 1. The van der Waals surface area contributed by atoms with Gasteiger partial charge in [-0.15, -0.1) is 0 Å². The Morgan fingerprint density at radius 2 is 2.27 bits per heavy atom. The number of hydrogen-bond donors (Lipinski definition) is 1. The summed E-state index contributed by atoms with van der Waals surface area (Å²) in [5.74, 6) is -0.424. The summed E-state index contributed by atoms with van der Waals surface area (Å²) in [6.45, 7) is 2.00. The van der Waals surface area contributed by atoms with Crippen molar-refractivity contribution in [3.8, 4) is 0 Å². The highest BCUT2D eigenvalue weighted by molar-refractivity contribution is 4.98. The minimum atomic E-state index is -0.424. The van der Waals surface area contributed by atoms with E-state index in [9.17, 15) is 4.39 Å². The number of halogens is 1. The minimum Gasteiger partial charge on any atom is -0.285 e. The monoisotopic (exact) mass is 156 g/mol. The van der Waals surface area contributed by atoms with Crippen LogP contribution in [0.5, 0.6) is 0 Å². The van der Waals surface area contributed by atoms with Crippen molar-refractivity contribution in [1.29, 1.82) is 0 Å². The summed E-state index contributed by atoms with van der Waals surface area (Å²) in [6, 6.07) is 2.93. The first-order chi connectivity index (χ1) is 5.24. The maximum absolute atomic E-state index is 12.4. The first-order valence-electron chi connectivity index (χ1n) is 3.63. The van der Waals surface area contributed by atoms with Crippen molar-refractivity contribution in [2.45, 2.75) is 19.8 Å². The lowest BCUT2D eigenvalue weighted by Crippen LogP contribution is -2.35. The highest BCUT2D eigenvalue weighted by Crippen LogP contribution is 1.98. The number of nitrogens with zero attached hydrogens (tertiary/aromatic N) is 1. The molecule has 0 radical (unpaired) electrons. The SMILES string of the molecule is CCCc1ccc(F)c[n+]1O. The predicted molar refractivity (Wildman–Crippen MR) is 37.8 cm³/mol. The number of aromatic nitrogens is 1. The summed E-state index contributed by atoms with van der Waals surface area (Å²) >= 11 is 0. The van der Waals surface area contributed by atoms with Crippen LogP contribution in [0.25, 0.3) is 0 Å². The van der Waals surface area contributed by atoms with Crippen molar-refractivity contribution in [3.05, 3.63) is 29.8 Å². The molecule has 0 bridgehead atoms. The standard InChI is InChI=1S/C8H11FNO/c1-2-3-8-5-4-7(9)6-10(8)11/h4-6,11H,2-3H2,1H3/q+1. The van der Waals surface area contributed by atoms with Crippen LogP contribution in [0.2, 0.25) is 0 Å². The van der Waals surface area contributed by atoms with Gasteiger partial charge in [0.2, 0.25) is 5.69 Å². The first kappa shape index (κ1) is 7.98. The zero-order valence-corrected chi connectivity index (χ0v) is 6.42. The second-order valence-electron chi connectivity index (χ2n) is 2.43. The molecule has 0 aliphatic heterocycles. The zero-order chi connectivity index (χ0) is 8.27. The quantitative estimate of drug-likeness (QED) is 0.506. The molecule has 11 heavy (non-hydrogen) atoms. The summed E-state index contributed by atoms with van der Waals surface area (Å²) in [6.07, 6.45) is 2.76. The third-order valence-corrected chi connectivity index (χ3v) is 1.48. The largest absolute Gasteiger partial charge is 0.285 e. The zero-order valence-electron chi connectivity index (χ0n) is 6.42. The van der Waals surface area contributed by atoms with Gasteiger partial charge in [0.15, 0.2) is 5.82 Å². The molecule has 0 saturated heterocycles. The Kier molecular flexibility index (Phi) is 2.41. The molecule has 0 amide bonds. The van der Waals surface area contributed by atoms with Gasteiger partial charge in [-0.05, 0) is 12.5 Å². The molecule has 60 valence electrons. The molecule has 0 fully saturated rings. The summed E-state index contributed by atoms with van der Waals surface area (Å²) in [7, 11) is 0. The second-order valence-corrected chi connectivity index (χ2v) is 2.43. The Morgan fingerprint density at radius 3 is 2.82 bits per heavy atom. The van der Waals surface area contributed by atoms with Crippen molar-refractivity contribution in [2.24, 2.45) is 0 Å². The third-order valence-electron chi connectivity index (χ3n) is 1.48. The molecule has 0 unspecified atom stereocenters. The molecule has 1 aromatic heterocycles. The van der Waals surface area contributed by atoms with Gasteiger partial charge in [0, 0.05) is 17.2 Å². The van der Waals surface area contributed by atoms with Crippen LogP contribution in [-0.2, 0) is 6.42 Å². The smallest absolute Gasteiger partial charge is 0.258 e. The van der Waals surface area contributed by atoms with E-state index >= 15 is 0 Å². The van der Waals surface area contributed by atoms with E-state index in [0.717, 1.165) is 29.5 Å². The highest BCUT2D eigenvalue weighted by Gasteiger charge is 2.08. The molecule has 0 aliphatic rings. The average molecular weight is 156 g/mol. The third kappa shape index (κ3) is 1.90. The van der Waals surface area contributed by atoms with Crippen LogP contribution in [-0.4, -0.2) is 5.21 Å². The van der Waals surface area contributed by atoms with Crippen LogP contribution in [0.4, 0.5) is 4.39 Å². The summed E-state index contributed by atoms with van der Waals surface area (Å²) < 4.78 is 13.2. The fourth-order valence-electron chi connectivity index (χ4n) is 0.949. The molecule has 0 atom stereocenters. The van der Waals surface area contributed by atoms with E-state index in [4.69, 9.17) is 5.21 Å². The van der Waals surface area contributed by atoms with Gasteiger partial charge < -0.3 is 0 Å². The maximum Gasteiger partial charge on any atom is 0.258 e. The summed E-state index contributed by atoms with van der Waals surface area (Å²) in [4.78, 5) is 0. The number of pyridine rings is 1. The fraction of sp³-hybridized carbons (Fsp3) is 0.375. The van der Waals surface area contributed by atoms with E-state index in [2.05, 4.69) is 0 Å². The van der Waals surface area contributed by atoms with Crippen LogP contribution in [0.3, 0.4) is 0 Å². The fourth-order valence-corrected chi connectivity index (χ4v) is 0.949. The lowest BCUT2D eigenvalue weighted by atomic mass is 10.2. The molecule has 0 saturated carbocycles. The molecule has 1 heterocycles. The van der Waals surface area contributed by atoms with Crippen LogP contribution in [0.15, 0.2) is 18.3 Å². The molecule has 1 N–H and O–H groups in total. The van der Waals surface area contributed by atoms with Crippen LogP contribution in [0, 0.1) is 5.82 Å². The summed E-state index contributed by atoms with van der Waals surface area (Å²) in [5, 5.41) is 9.10. The second kappa shape index (κ2) is 3.32. The Morgan fingerprint density at radius 1 is 1.55 bits per heavy atom. The number of rotatable bonds is 2. The van der Waals surface area contributed by atoms with E-state index < -0.39 is 5.82 Å². The predicted octanol–water partition coefficient (Wildman–Crippen LogP) is 1.30. The molecule has 1 aromatic rings. The minimum absolute atomic E-state index is 0.424. The van der Waals surface area contributed by atoms with Crippen molar-refractivity contribution in [2.75, 3.05) is 0 Å². The molecule has 0 spiro atoms. The lowest BCUT2D eigenvalue weighted by molar-refractivity contribution is -0.910. The van der Waals surface area contributed by atoms with Gasteiger partial charge in [-0.3, -0.25) is 5.21 Å². The Bertz CT molecular complexity index is 250. The number of hydrogen-bond acceptors (Lipinski definition) is 1. The van der Waals surface area contributed by atoms with E-state index in [1.807, 2.05) is 6.92 Å². The lowest BCUT2D eigenvalue weighted by Gasteiger charge is -1.92. The van der Waals surface area contributed by atoms with Crippen molar-refractivity contribution in [1.82, 2.24) is 0 Å². The van der Waals surface area contributed by atoms with Crippen molar-refractivity contribution < 1.29 is 14.3 Å². The van der Waals surface area contributed by atoms with Crippen molar-refractivity contribution >= 4 is 0 Å². The molecular weight excluding hydrogens is 145 g/mol. The van der Waals surface area contributed by atoms with Gasteiger partial charge >= 0.3 is 0 Å². The van der Waals surface area contributed by atoms with E-state index in [0.29, 0.717) is 0 Å². The Hall–Kier alpha value is -1.12. The van der Waals surface area contributed by atoms with Crippen LogP contribution in [0.1, 0.15) is 19.0 Å². The van der Waals surface area contributed by atoms with Crippen LogP contribution < -0.4 is 4.73 Å². The van der Waals surface area contributed by atoms with E-state index in [1.54, 1.807) is 6.07 Å². The summed E-state index contributed by atoms with van der Waals surface area (Å²) in [5.41, 5.74) is 0.730. The molecule has 2 nitrogen and oxygen atoms in total. The van der Waals surface area contributed by atoms with Gasteiger partial charge in [0.1, 0.15) is 0 Å². The van der Waals surface area contributed by atoms with Gasteiger partial charge in [-0.2, -0.15) is 0 Å². The van der Waals surface area contributed by atoms with Crippen LogP contribution >= 0.6 is 0 Å². The maximum atomic E-state index is 12.4. The Labute approximate surface area is 64.9 Å². The molecule has 3 heteroatoms.